The van der Waals surface area contributed by atoms with Gasteiger partial charge in [-0.25, -0.2) is 0 Å². The molecule has 0 aliphatic carbocycles. The number of fused-ring (bicyclic) bond motifs is 1. The fourth-order valence-electron chi connectivity index (χ4n) is 1.81. The van der Waals surface area contributed by atoms with E-state index in [2.05, 4.69) is 19.8 Å². The van der Waals surface area contributed by atoms with Crippen LogP contribution in [0, 0.1) is 0 Å². The van der Waals surface area contributed by atoms with Gasteiger partial charge < -0.3 is 14.8 Å². The number of benzene rings is 1. The molecule has 0 saturated carbocycles. The van der Waals surface area contributed by atoms with Crippen molar-refractivity contribution in [3.63, 3.8) is 0 Å². The molecule has 0 radical (unpaired) electrons. The number of pyridine rings is 1. The number of amides is 1. The normalized spacial score (nSPS) is 14.7. The smallest absolute Gasteiger partial charge is 0.395 e. The Balaban J connectivity index is 1.86. The second kappa shape index (κ2) is 5.26. The lowest BCUT2D eigenvalue weighted by molar-refractivity contribution is -0.286. The van der Waals surface area contributed by atoms with Gasteiger partial charge in [-0.05, 0) is 18.2 Å². The van der Waals surface area contributed by atoms with Gasteiger partial charge in [0.05, 0.1) is 15.7 Å². The quantitative estimate of drug-likeness (QED) is 0.893. The Morgan fingerprint density at radius 3 is 2.45 bits per heavy atom. The minimum absolute atomic E-state index is 0.0731. The van der Waals surface area contributed by atoms with Crippen LogP contribution in [0.4, 0.5) is 14.5 Å². The molecular weight excluding hydrogens is 341 g/mol. The van der Waals surface area contributed by atoms with Crippen molar-refractivity contribution < 1.29 is 23.0 Å². The van der Waals surface area contributed by atoms with Gasteiger partial charge in [-0.15, -0.1) is 8.78 Å². The van der Waals surface area contributed by atoms with Gasteiger partial charge in [0.15, 0.2) is 11.5 Å². The molecule has 0 unspecified atom stereocenters. The van der Waals surface area contributed by atoms with Gasteiger partial charge in [0.2, 0.25) is 0 Å². The molecule has 1 aromatic carbocycles. The standard InChI is InChI=1S/C13H6Cl2F2N2O3/c14-7-4-18-5-8(15)11(7)19-12(20)6-1-2-9-10(3-6)22-13(16,17)21-9/h1-5H,(H,18,19,20). The third-order valence-electron chi connectivity index (χ3n) is 2.76. The van der Waals surface area contributed by atoms with Gasteiger partial charge in [-0.1, -0.05) is 23.2 Å². The predicted molar refractivity (Wildman–Crippen MR) is 74.9 cm³/mol. The molecule has 0 saturated heterocycles. The van der Waals surface area contributed by atoms with Crippen molar-refractivity contribution in [2.24, 2.45) is 0 Å². The van der Waals surface area contributed by atoms with Gasteiger partial charge in [0.1, 0.15) is 0 Å². The average molecular weight is 347 g/mol. The molecule has 0 fully saturated rings. The molecule has 1 aliphatic rings. The summed E-state index contributed by atoms with van der Waals surface area (Å²) in [5.41, 5.74) is 0.246. The summed E-state index contributed by atoms with van der Waals surface area (Å²) >= 11 is 11.8. The lowest BCUT2D eigenvalue weighted by Gasteiger charge is -2.09. The van der Waals surface area contributed by atoms with Crippen LogP contribution in [0.2, 0.25) is 10.0 Å². The van der Waals surface area contributed by atoms with Crippen LogP contribution >= 0.6 is 23.2 Å². The van der Waals surface area contributed by atoms with Crippen LogP contribution in [0.5, 0.6) is 11.5 Å². The lowest BCUT2D eigenvalue weighted by atomic mass is 10.2. The highest BCUT2D eigenvalue weighted by molar-refractivity contribution is 6.39. The molecular formula is C13H6Cl2F2N2O3. The first-order valence-corrected chi connectivity index (χ1v) is 6.61. The summed E-state index contributed by atoms with van der Waals surface area (Å²) in [6, 6.07) is 3.65. The SMILES string of the molecule is O=C(Nc1c(Cl)cncc1Cl)c1ccc2c(c1)OC(F)(F)O2. The maximum atomic E-state index is 12.9. The summed E-state index contributed by atoms with van der Waals surface area (Å²) in [4.78, 5) is 15.9. The highest BCUT2D eigenvalue weighted by Gasteiger charge is 2.43. The van der Waals surface area contributed by atoms with Gasteiger partial charge >= 0.3 is 6.29 Å². The molecule has 1 aliphatic heterocycles. The molecule has 0 atom stereocenters. The van der Waals surface area contributed by atoms with Crippen LogP contribution in [0.3, 0.4) is 0 Å². The van der Waals surface area contributed by atoms with Gasteiger partial charge in [0, 0.05) is 18.0 Å². The van der Waals surface area contributed by atoms with Crippen LogP contribution in [-0.2, 0) is 0 Å². The molecule has 2 aromatic rings. The van der Waals surface area contributed by atoms with E-state index in [0.717, 1.165) is 6.07 Å². The predicted octanol–water partition coefficient (Wildman–Crippen LogP) is 3.96. The highest BCUT2D eigenvalue weighted by Crippen LogP contribution is 2.41. The van der Waals surface area contributed by atoms with Gasteiger partial charge in [-0.2, -0.15) is 0 Å². The monoisotopic (exact) mass is 346 g/mol. The second-order valence-corrected chi connectivity index (χ2v) is 5.08. The van der Waals surface area contributed by atoms with Crippen molar-refractivity contribution in [2.45, 2.75) is 6.29 Å². The van der Waals surface area contributed by atoms with Crippen molar-refractivity contribution in [3.05, 3.63) is 46.2 Å². The lowest BCUT2D eigenvalue weighted by Crippen LogP contribution is -2.25. The Hall–Kier alpha value is -2.12. The number of nitrogens with one attached hydrogen (secondary N) is 1. The first-order chi connectivity index (χ1) is 10.4. The summed E-state index contributed by atoms with van der Waals surface area (Å²) in [5.74, 6) is -0.984. The van der Waals surface area contributed by atoms with E-state index in [1.807, 2.05) is 0 Å². The van der Waals surface area contributed by atoms with Crippen LogP contribution in [0.15, 0.2) is 30.6 Å². The third kappa shape index (κ3) is 2.77. The minimum atomic E-state index is -3.74. The third-order valence-corrected chi connectivity index (χ3v) is 3.33. The summed E-state index contributed by atoms with van der Waals surface area (Å²) in [7, 11) is 0. The Labute approximate surface area is 132 Å². The maximum Gasteiger partial charge on any atom is 0.586 e. The highest BCUT2D eigenvalue weighted by atomic mass is 35.5. The number of anilines is 1. The maximum absolute atomic E-state index is 12.9. The largest absolute Gasteiger partial charge is 0.586 e. The molecule has 0 spiro atoms. The number of aromatic nitrogens is 1. The first-order valence-electron chi connectivity index (χ1n) is 5.86. The average Bonchev–Trinajstić information content (AvgIpc) is 2.75. The van der Waals surface area contributed by atoms with Crippen LogP contribution in [-0.4, -0.2) is 17.2 Å². The fourth-order valence-corrected chi connectivity index (χ4v) is 2.27. The topological polar surface area (TPSA) is 60.5 Å². The van der Waals surface area contributed by atoms with E-state index in [1.54, 1.807) is 0 Å². The molecule has 0 bridgehead atoms. The zero-order valence-electron chi connectivity index (χ0n) is 10.6. The van der Waals surface area contributed by atoms with E-state index < -0.39 is 12.2 Å². The zero-order valence-corrected chi connectivity index (χ0v) is 12.1. The Kier molecular flexibility index (Phi) is 3.54. The van der Waals surface area contributed by atoms with Crippen molar-refractivity contribution in [1.29, 1.82) is 0 Å². The van der Waals surface area contributed by atoms with E-state index in [1.165, 1.54) is 24.5 Å². The second-order valence-electron chi connectivity index (χ2n) is 4.26. The van der Waals surface area contributed by atoms with Gasteiger partial charge in [-0.3, -0.25) is 9.78 Å². The molecule has 2 heterocycles. The Morgan fingerprint density at radius 2 is 1.77 bits per heavy atom. The van der Waals surface area contributed by atoms with E-state index in [0.29, 0.717) is 0 Å². The fraction of sp³-hybridized carbons (Fsp3) is 0.0769. The van der Waals surface area contributed by atoms with Crippen LogP contribution in [0.25, 0.3) is 0 Å². The number of halogens is 4. The van der Waals surface area contributed by atoms with Crippen LogP contribution < -0.4 is 14.8 Å². The molecule has 5 nitrogen and oxygen atoms in total. The summed E-state index contributed by atoms with van der Waals surface area (Å²) in [6.45, 7) is 0. The number of nitrogens with zero attached hydrogens (tertiary/aromatic N) is 1. The van der Waals surface area contributed by atoms with Crippen molar-refractivity contribution in [2.75, 3.05) is 5.32 Å². The number of hydrogen-bond acceptors (Lipinski definition) is 4. The molecule has 1 N–H and O–H groups in total. The van der Waals surface area contributed by atoms with Crippen molar-refractivity contribution in [1.82, 2.24) is 4.98 Å². The number of alkyl halides is 2. The molecule has 3 rings (SSSR count). The van der Waals surface area contributed by atoms with E-state index in [-0.39, 0.29) is 32.8 Å². The zero-order chi connectivity index (χ0) is 15.9. The van der Waals surface area contributed by atoms with E-state index >= 15 is 0 Å². The summed E-state index contributed by atoms with van der Waals surface area (Å²) < 4.78 is 34.4. The number of hydrogen-bond donors (Lipinski definition) is 1. The molecule has 22 heavy (non-hydrogen) atoms. The van der Waals surface area contributed by atoms with Crippen LogP contribution in [0.1, 0.15) is 10.4 Å². The molecule has 114 valence electrons. The Bertz CT molecular complexity index is 751. The number of rotatable bonds is 2. The minimum Gasteiger partial charge on any atom is -0.395 e. The molecule has 1 amide bonds. The van der Waals surface area contributed by atoms with Crippen molar-refractivity contribution >= 4 is 34.8 Å². The Morgan fingerprint density at radius 1 is 1.14 bits per heavy atom. The van der Waals surface area contributed by atoms with Gasteiger partial charge in [0.25, 0.3) is 5.91 Å². The number of carbonyl (C=O) groups excluding carboxylic acids is 1. The molecule has 9 heteroatoms. The summed E-state index contributed by atoms with van der Waals surface area (Å²) in [5, 5.41) is 2.77. The summed E-state index contributed by atoms with van der Waals surface area (Å²) in [6.07, 6.45) is -1.12. The van der Waals surface area contributed by atoms with E-state index in [9.17, 15) is 13.6 Å². The number of ether oxygens (including phenoxy) is 2. The van der Waals surface area contributed by atoms with Crippen molar-refractivity contribution in [3.8, 4) is 11.5 Å². The number of carbonyl (C=O) groups is 1. The molecule has 1 aromatic heterocycles. The van der Waals surface area contributed by atoms with E-state index in [4.69, 9.17) is 23.2 Å². The first kappa shape index (κ1) is 14.8.